The molecule has 0 unspecified atom stereocenters. The Morgan fingerprint density at radius 2 is 1.78 bits per heavy atom. The molecule has 0 fully saturated rings. The molecule has 23 heavy (non-hydrogen) atoms. The largest absolute Gasteiger partial charge is 0.289 e. The molecule has 9 heteroatoms. The van der Waals surface area contributed by atoms with E-state index in [1.807, 2.05) is 32.0 Å². The van der Waals surface area contributed by atoms with Crippen LogP contribution in [0, 0.1) is 13.8 Å². The van der Waals surface area contributed by atoms with Gasteiger partial charge < -0.3 is 0 Å². The van der Waals surface area contributed by atoms with Crippen molar-refractivity contribution >= 4 is 23.8 Å². The molecule has 116 valence electrons. The minimum Gasteiger partial charge on any atom is -0.243 e. The number of hydrogen-bond donors (Lipinski definition) is 1. The molecule has 0 radical (unpaired) electrons. The predicted molar refractivity (Wildman–Crippen MR) is 86.9 cm³/mol. The van der Waals surface area contributed by atoms with E-state index in [-0.39, 0.29) is 5.95 Å². The molecule has 2 aromatic heterocycles. The van der Waals surface area contributed by atoms with Gasteiger partial charge in [-0.25, -0.2) is 10.1 Å². The normalized spacial score (nSPS) is 11.1. The molecular weight excluding hydrogens is 316 g/mol. The summed E-state index contributed by atoms with van der Waals surface area (Å²) in [7, 11) is 0. The molecule has 1 aromatic carbocycles. The van der Waals surface area contributed by atoms with Crippen LogP contribution in [-0.2, 0) is 0 Å². The molecule has 0 aliphatic carbocycles. The van der Waals surface area contributed by atoms with Crippen molar-refractivity contribution in [2.24, 2.45) is 5.10 Å². The molecule has 0 atom stereocenters. The second-order valence-corrected chi connectivity index (χ2v) is 5.22. The number of hydrogen-bond acceptors (Lipinski definition) is 7. The Balaban J connectivity index is 1.68. The van der Waals surface area contributed by atoms with Gasteiger partial charge in [0.25, 0.3) is 11.9 Å². The van der Waals surface area contributed by atoms with Crippen molar-refractivity contribution in [3.8, 4) is 5.95 Å². The number of halogens is 1. The molecule has 0 spiro atoms. The summed E-state index contributed by atoms with van der Waals surface area (Å²) in [5, 5.41) is 24.8. The maximum atomic E-state index is 5.82. The Morgan fingerprint density at radius 1 is 1.09 bits per heavy atom. The van der Waals surface area contributed by atoms with E-state index in [1.54, 1.807) is 23.0 Å². The quantitative estimate of drug-likeness (QED) is 0.582. The third kappa shape index (κ3) is 3.67. The minimum absolute atomic E-state index is 0.195. The summed E-state index contributed by atoms with van der Waals surface area (Å²) in [5.74, 6) is 0.503. The lowest BCUT2D eigenvalue weighted by Crippen LogP contribution is -2.09. The molecule has 0 aliphatic rings. The number of rotatable bonds is 4. The number of anilines is 1. The lowest BCUT2D eigenvalue weighted by Gasteiger charge is -2.01. The lowest BCUT2D eigenvalue weighted by atomic mass is 10.2. The smallest absolute Gasteiger partial charge is 0.243 e. The number of hydrazone groups is 1. The molecule has 3 aromatic rings. The Morgan fingerprint density at radius 3 is 2.39 bits per heavy atom. The summed E-state index contributed by atoms with van der Waals surface area (Å²) in [5.41, 5.74) is 5.34. The molecule has 8 nitrogen and oxygen atoms in total. The van der Waals surface area contributed by atoms with Gasteiger partial charge in [-0.15, -0.1) is 20.4 Å². The second kappa shape index (κ2) is 6.49. The third-order valence-electron chi connectivity index (χ3n) is 2.92. The van der Waals surface area contributed by atoms with Crippen LogP contribution in [0.5, 0.6) is 0 Å². The fraction of sp³-hybridized carbons (Fsp3) is 0.143. The van der Waals surface area contributed by atoms with Crippen molar-refractivity contribution in [2.75, 3.05) is 5.43 Å². The first-order valence-corrected chi connectivity index (χ1v) is 7.15. The zero-order valence-electron chi connectivity index (χ0n) is 12.5. The summed E-state index contributed by atoms with van der Waals surface area (Å²) in [4.78, 5) is 0. The van der Waals surface area contributed by atoms with Crippen LogP contribution in [-0.4, -0.2) is 36.4 Å². The first-order valence-electron chi connectivity index (χ1n) is 6.77. The van der Waals surface area contributed by atoms with E-state index in [1.165, 1.54) is 0 Å². The van der Waals surface area contributed by atoms with Gasteiger partial charge in [0, 0.05) is 10.7 Å². The van der Waals surface area contributed by atoms with Crippen LogP contribution in [0.15, 0.2) is 35.4 Å². The second-order valence-electron chi connectivity index (χ2n) is 4.78. The summed E-state index contributed by atoms with van der Waals surface area (Å²) in [6.07, 6.45) is 1.62. The van der Waals surface area contributed by atoms with Gasteiger partial charge in [-0.3, -0.25) is 0 Å². The van der Waals surface area contributed by atoms with Gasteiger partial charge in [0.15, 0.2) is 0 Å². The molecule has 0 aliphatic heterocycles. The van der Waals surface area contributed by atoms with Crippen LogP contribution in [0.2, 0.25) is 5.02 Å². The fourth-order valence-corrected chi connectivity index (χ4v) is 2.02. The Hall–Kier alpha value is -2.87. The van der Waals surface area contributed by atoms with Gasteiger partial charge in [0.1, 0.15) is 0 Å². The number of benzene rings is 1. The van der Waals surface area contributed by atoms with Crippen LogP contribution < -0.4 is 5.43 Å². The van der Waals surface area contributed by atoms with E-state index >= 15 is 0 Å². The number of aryl methyl sites for hydroxylation is 2. The van der Waals surface area contributed by atoms with E-state index in [4.69, 9.17) is 11.6 Å². The molecule has 2 heterocycles. The average molecular weight is 329 g/mol. The highest BCUT2D eigenvalue weighted by molar-refractivity contribution is 6.30. The highest BCUT2D eigenvalue weighted by atomic mass is 35.5. The molecule has 0 saturated carbocycles. The van der Waals surface area contributed by atoms with Crippen LogP contribution in [0.3, 0.4) is 0 Å². The molecule has 3 rings (SSSR count). The van der Waals surface area contributed by atoms with Gasteiger partial charge in [-0.05, 0) is 37.6 Å². The van der Waals surface area contributed by atoms with E-state index in [9.17, 15) is 0 Å². The topological polar surface area (TPSA) is 93.8 Å². The fourth-order valence-electron chi connectivity index (χ4n) is 1.90. The third-order valence-corrected chi connectivity index (χ3v) is 3.17. The summed E-state index contributed by atoms with van der Waals surface area (Å²) < 4.78 is 1.58. The Bertz CT molecular complexity index is 823. The van der Waals surface area contributed by atoms with Gasteiger partial charge in [0.05, 0.1) is 11.9 Å². The standard InChI is InChI=1S/C14H13ClN8/c1-9-7-10(2)23(22-9)14-20-18-13(19-21-14)17-16-8-11-3-5-12(15)6-4-11/h3-8H,1-2H3,(H,17,18,19)/b16-8+. The zero-order chi connectivity index (χ0) is 16.2. The number of nitrogens with zero attached hydrogens (tertiary/aromatic N) is 7. The zero-order valence-corrected chi connectivity index (χ0v) is 13.2. The summed E-state index contributed by atoms with van der Waals surface area (Å²) >= 11 is 5.82. The molecule has 0 bridgehead atoms. The maximum absolute atomic E-state index is 5.82. The van der Waals surface area contributed by atoms with Crippen molar-refractivity contribution < 1.29 is 0 Å². The highest BCUT2D eigenvalue weighted by Gasteiger charge is 2.07. The van der Waals surface area contributed by atoms with E-state index in [2.05, 4.69) is 36.0 Å². The lowest BCUT2D eigenvalue weighted by molar-refractivity contribution is 0.711. The van der Waals surface area contributed by atoms with E-state index < -0.39 is 0 Å². The van der Waals surface area contributed by atoms with Crippen molar-refractivity contribution in [1.82, 2.24) is 30.2 Å². The van der Waals surface area contributed by atoms with Crippen LogP contribution in [0.1, 0.15) is 17.0 Å². The number of nitrogens with one attached hydrogen (secondary N) is 1. The number of aromatic nitrogens is 6. The van der Waals surface area contributed by atoms with Crippen LogP contribution >= 0.6 is 11.6 Å². The first kappa shape index (κ1) is 15.0. The van der Waals surface area contributed by atoms with Crippen molar-refractivity contribution in [2.45, 2.75) is 13.8 Å². The van der Waals surface area contributed by atoms with Gasteiger partial charge in [-0.1, -0.05) is 23.7 Å². The predicted octanol–water partition coefficient (Wildman–Crippen LogP) is 2.17. The monoisotopic (exact) mass is 328 g/mol. The van der Waals surface area contributed by atoms with Crippen LogP contribution in [0.4, 0.5) is 5.95 Å². The SMILES string of the molecule is Cc1cc(C)n(-c2nnc(N/N=C/c3ccc(Cl)cc3)nn2)n1. The minimum atomic E-state index is 0.195. The molecule has 0 saturated heterocycles. The van der Waals surface area contributed by atoms with Crippen molar-refractivity contribution in [3.05, 3.63) is 52.3 Å². The Labute approximate surface area is 137 Å². The average Bonchev–Trinajstić information content (AvgIpc) is 2.89. The van der Waals surface area contributed by atoms with Crippen molar-refractivity contribution in [1.29, 1.82) is 0 Å². The molecule has 0 amide bonds. The van der Waals surface area contributed by atoms with Gasteiger partial charge >= 0.3 is 0 Å². The summed E-state index contributed by atoms with van der Waals surface area (Å²) in [6, 6.07) is 9.18. The van der Waals surface area contributed by atoms with Crippen molar-refractivity contribution in [3.63, 3.8) is 0 Å². The highest BCUT2D eigenvalue weighted by Crippen LogP contribution is 2.08. The Kier molecular flexibility index (Phi) is 4.24. The molecule has 1 N–H and O–H groups in total. The maximum Gasteiger partial charge on any atom is 0.289 e. The summed E-state index contributed by atoms with van der Waals surface area (Å²) in [6.45, 7) is 3.80. The van der Waals surface area contributed by atoms with Gasteiger partial charge in [0.2, 0.25) is 0 Å². The molecular formula is C14H13ClN8. The van der Waals surface area contributed by atoms with E-state index in [0.717, 1.165) is 17.0 Å². The van der Waals surface area contributed by atoms with E-state index in [0.29, 0.717) is 11.0 Å². The van der Waals surface area contributed by atoms with Gasteiger partial charge in [-0.2, -0.15) is 10.2 Å². The van der Waals surface area contributed by atoms with Crippen LogP contribution in [0.25, 0.3) is 5.95 Å². The first-order chi connectivity index (χ1) is 11.1.